The third-order valence-electron chi connectivity index (χ3n) is 7.60. The standard InChI is InChI=1S/C34H33N3O6S/c1-19-16-24-32(44-26(36-24)18-37(40)17-20-6-8-22(41-5)9-7-20)29(27(19)31(33(38)39)43-34(2,3)4)23-10-11-25-28-21(13-15-42-25)12-14-35-30(23)28/h6-12,14,16,31H,13,15,17-18H2,1-5H3/p+1. The number of aliphatic carboxylic acids is 1. The van der Waals surface area contributed by atoms with Gasteiger partial charge in [0, 0.05) is 49.9 Å². The van der Waals surface area contributed by atoms with Crippen molar-refractivity contribution < 1.29 is 28.9 Å². The molecule has 1 N–H and O–H groups in total. The average molecular weight is 613 g/mol. The minimum absolute atomic E-state index is 0.0793. The zero-order chi connectivity index (χ0) is 31.2. The van der Waals surface area contributed by atoms with Crippen molar-refractivity contribution in [2.24, 2.45) is 0 Å². The Bertz CT molecular complexity index is 1900. The molecule has 1 aliphatic heterocycles. The van der Waals surface area contributed by atoms with Crippen molar-refractivity contribution in [1.82, 2.24) is 9.97 Å². The van der Waals surface area contributed by atoms with Gasteiger partial charge in [0.05, 0.1) is 35.1 Å². The summed E-state index contributed by atoms with van der Waals surface area (Å²) in [6.45, 7) is 8.26. The number of aryl methyl sites for hydroxylation is 1. The van der Waals surface area contributed by atoms with Gasteiger partial charge in [0.2, 0.25) is 13.1 Å². The van der Waals surface area contributed by atoms with Gasteiger partial charge < -0.3 is 19.3 Å². The van der Waals surface area contributed by atoms with Crippen LogP contribution in [0.3, 0.4) is 0 Å². The van der Waals surface area contributed by atoms with E-state index in [0.717, 1.165) is 60.5 Å². The zero-order valence-corrected chi connectivity index (χ0v) is 26.2. The number of hydrogen-bond donors (Lipinski definition) is 1. The Hall–Kier alpha value is -4.41. The summed E-state index contributed by atoms with van der Waals surface area (Å²) in [7, 11) is 1.60. The second-order valence-electron chi connectivity index (χ2n) is 11.9. The van der Waals surface area contributed by atoms with Crippen molar-refractivity contribution in [3.63, 3.8) is 0 Å². The summed E-state index contributed by atoms with van der Waals surface area (Å²) in [4.78, 5) is 35.5. The molecule has 1 atom stereocenters. The van der Waals surface area contributed by atoms with Gasteiger partial charge in [-0.1, -0.05) is 0 Å². The molecule has 3 heterocycles. The highest BCUT2D eigenvalue weighted by Crippen LogP contribution is 2.46. The van der Waals surface area contributed by atoms with Crippen LogP contribution in [0.4, 0.5) is 0 Å². The largest absolute Gasteiger partial charge is 0.497 e. The molecule has 226 valence electrons. The van der Waals surface area contributed by atoms with Crippen molar-refractivity contribution in [1.29, 1.82) is 0 Å². The monoisotopic (exact) mass is 612 g/mol. The maximum Gasteiger partial charge on any atom is 0.337 e. The smallest absolute Gasteiger partial charge is 0.337 e. The van der Waals surface area contributed by atoms with E-state index in [1.807, 2.05) is 76.2 Å². The molecule has 0 aliphatic carbocycles. The summed E-state index contributed by atoms with van der Waals surface area (Å²) in [5.74, 6) is 0.401. The maximum absolute atomic E-state index is 13.1. The number of fused-ring (bicyclic) bond motifs is 1. The number of nitroso groups, excluding NO2 is 1. The van der Waals surface area contributed by atoms with Crippen molar-refractivity contribution in [2.45, 2.75) is 58.9 Å². The van der Waals surface area contributed by atoms with E-state index in [1.165, 1.54) is 11.3 Å². The summed E-state index contributed by atoms with van der Waals surface area (Å²) in [5.41, 5.74) is 5.45. The molecule has 44 heavy (non-hydrogen) atoms. The number of carbonyl (C=O) groups is 1. The van der Waals surface area contributed by atoms with Gasteiger partial charge >= 0.3 is 5.97 Å². The van der Waals surface area contributed by atoms with E-state index < -0.39 is 17.7 Å². The maximum atomic E-state index is 13.1. The molecule has 0 fully saturated rings. The summed E-state index contributed by atoms with van der Waals surface area (Å²) in [6, 6.07) is 15.1. The van der Waals surface area contributed by atoms with Crippen LogP contribution in [0, 0.1) is 11.8 Å². The minimum atomic E-state index is -1.24. The Kier molecular flexibility index (Phi) is 7.81. The van der Waals surface area contributed by atoms with Crippen LogP contribution in [0.25, 0.3) is 32.2 Å². The lowest BCUT2D eigenvalue weighted by Crippen LogP contribution is -2.28. The molecule has 0 bridgehead atoms. The minimum Gasteiger partial charge on any atom is -0.497 e. The highest BCUT2D eigenvalue weighted by molar-refractivity contribution is 7.19. The number of ether oxygens (including phenoxy) is 3. The van der Waals surface area contributed by atoms with Crippen molar-refractivity contribution >= 4 is 38.4 Å². The first kappa shape index (κ1) is 29.7. The Labute approximate surface area is 259 Å². The lowest BCUT2D eigenvalue weighted by atomic mass is 9.89. The first-order valence-corrected chi connectivity index (χ1v) is 15.3. The van der Waals surface area contributed by atoms with Crippen LogP contribution in [-0.2, 0) is 29.0 Å². The predicted molar refractivity (Wildman–Crippen MR) is 170 cm³/mol. The van der Waals surface area contributed by atoms with E-state index in [-0.39, 0.29) is 13.1 Å². The summed E-state index contributed by atoms with van der Waals surface area (Å²) in [5, 5.41) is 12.0. The van der Waals surface area contributed by atoms with E-state index in [1.54, 1.807) is 13.3 Å². The number of hydrogen-bond acceptors (Lipinski definition) is 8. The molecule has 0 spiro atoms. The number of carboxylic acid groups (broad SMARTS) is 1. The third kappa shape index (κ3) is 5.75. The van der Waals surface area contributed by atoms with E-state index in [4.69, 9.17) is 24.2 Å². The Balaban J connectivity index is 1.52. The fourth-order valence-corrected chi connectivity index (χ4v) is 6.88. The molecule has 0 saturated heterocycles. The Morgan fingerprint density at radius 1 is 1.14 bits per heavy atom. The second kappa shape index (κ2) is 11.6. The van der Waals surface area contributed by atoms with Gasteiger partial charge in [-0.15, -0.1) is 11.3 Å². The summed E-state index contributed by atoms with van der Waals surface area (Å²) < 4.78 is 19.1. The molecule has 0 saturated carbocycles. The molecular weight excluding hydrogens is 578 g/mol. The summed E-state index contributed by atoms with van der Waals surface area (Å²) >= 11 is 1.39. The van der Waals surface area contributed by atoms with Crippen LogP contribution >= 0.6 is 11.3 Å². The van der Waals surface area contributed by atoms with Gasteiger partial charge in [-0.05, 0) is 87.4 Å². The first-order valence-electron chi connectivity index (χ1n) is 14.4. The van der Waals surface area contributed by atoms with Gasteiger partial charge in [0.15, 0.2) is 11.1 Å². The first-order chi connectivity index (χ1) is 21.0. The van der Waals surface area contributed by atoms with Crippen LogP contribution in [0.15, 0.2) is 54.7 Å². The van der Waals surface area contributed by atoms with Crippen molar-refractivity contribution in [2.75, 3.05) is 13.7 Å². The molecule has 10 heteroatoms. The van der Waals surface area contributed by atoms with Crippen LogP contribution < -0.4 is 9.47 Å². The molecular formula is C34H34N3O6S+. The number of nitrogens with zero attached hydrogens (tertiary/aromatic N) is 3. The normalized spacial score (nSPS) is 13.6. The van der Waals surface area contributed by atoms with Crippen LogP contribution in [0.2, 0.25) is 0 Å². The van der Waals surface area contributed by atoms with Gasteiger partial charge in [-0.2, -0.15) is 0 Å². The number of aromatic nitrogens is 2. The molecule has 0 amide bonds. The molecule has 6 rings (SSSR count). The van der Waals surface area contributed by atoms with Gasteiger partial charge in [0.25, 0.3) is 0 Å². The zero-order valence-electron chi connectivity index (χ0n) is 25.3. The number of benzene rings is 3. The van der Waals surface area contributed by atoms with E-state index in [0.29, 0.717) is 28.3 Å². The molecule has 0 radical (unpaired) electrons. The third-order valence-corrected chi connectivity index (χ3v) is 8.67. The van der Waals surface area contributed by atoms with Crippen LogP contribution in [0.5, 0.6) is 11.5 Å². The number of rotatable bonds is 9. The molecule has 1 aliphatic rings. The van der Waals surface area contributed by atoms with E-state index in [9.17, 15) is 14.8 Å². The fraction of sp³-hybridized carbons (Fsp3) is 0.324. The van der Waals surface area contributed by atoms with Crippen LogP contribution in [-0.4, -0.2) is 45.1 Å². The molecule has 9 nitrogen and oxygen atoms in total. The topological polar surface area (TPSA) is 111 Å². The SMILES string of the molecule is COc1ccc(C[N+](=O)Cc2nc3cc(C)c(C(OC(C)(C)C)C(=O)O)c(-c4ccc5c6c(ccnc46)CCO5)c3s2)cc1. The van der Waals surface area contributed by atoms with Gasteiger partial charge in [-0.3, -0.25) is 4.98 Å². The molecule has 2 aromatic heterocycles. The highest BCUT2D eigenvalue weighted by Gasteiger charge is 2.33. The molecule has 1 unspecified atom stereocenters. The van der Waals surface area contributed by atoms with E-state index in [2.05, 4.69) is 0 Å². The fourth-order valence-electron chi connectivity index (χ4n) is 5.76. The molecule has 3 aromatic carbocycles. The predicted octanol–water partition coefficient (Wildman–Crippen LogP) is 7.18. The number of carboxylic acids is 1. The average Bonchev–Trinajstić information content (AvgIpc) is 3.37. The Morgan fingerprint density at radius 2 is 1.91 bits per heavy atom. The molecule has 5 aromatic rings. The number of thiazole rings is 1. The lowest BCUT2D eigenvalue weighted by molar-refractivity contribution is -0.580. The van der Waals surface area contributed by atoms with Crippen LogP contribution in [0.1, 0.15) is 54.1 Å². The van der Waals surface area contributed by atoms with Crippen molar-refractivity contribution in [3.05, 3.63) is 86.9 Å². The highest BCUT2D eigenvalue weighted by atomic mass is 32.1. The van der Waals surface area contributed by atoms with Gasteiger partial charge in [0.1, 0.15) is 11.5 Å². The number of pyridine rings is 1. The number of methoxy groups -OCH3 is 1. The lowest BCUT2D eigenvalue weighted by Gasteiger charge is -2.28. The van der Waals surface area contributed by atoms with Crippen molar-refractivity contribution in [3.8, 4) is 22.6 Å². The summed E-state index contributed by atoms with van der Waals surface area (Å²) in [6.07, 6.45) is 1.30. The quantitative estimate of drug-likeness (QED) is 0.174. The van der Waals surface area contributed by atoms with E-state index >= 15 is 0 Å². The Morgan fingerprint density at radius 3 is 2.61 bits per heavy atom. The second-order valence-corrected chi connectivity index (χ2v) is 13.0. The van der Waals surface area contributed by atoms with Gasteiger partial charge in [-0.25, -0.2) is 9.78 Å².